The molecule has 11 nitrogen and oxygen atoms in total. The van der Waals surface area contributed by atoms with Gasteiger partial charge in [-0.3, -0.25) is 24.6 Å². The van der Waals surface area contributed by atoms with E-state index in [0.717, 1.165) is 0 Å². The molecule has 142 valence electrons. The molecule has 1 heterocycles. The van der Waals surface area contributed by atoms with Crippen LogP contribution in [-0.4, -0.2) is 64.2 Å². The van der Waals surface area contributed by atoms with E-state index in [4.69, 9.17) is 10.3 Å². The minimum absolute atomic E-state index is 0.115. The standard InChI is InChI=1S/C16H17N5O6/c1-20(2)14-11(18-15(14)23)7-12(22)13(19-17)16(24)27-8-9-3-5-10(6-4-9)21(25)26/h3-6,11,14H,7-8H2,1-2H3,(H,18,23)/t11-,14-/m1/s1. The molecule has 2 atom stereocenters. The summed E-state index contributed by atoms with van der Waals surface area (Å²) in [5.74, 6) is -2.14. The van der Waals surface area contributed by atoms with E-state index in [9.17, 15) is 24.5 Å². The van der Waals surface area contributed by atoms with Crippen LogP contribution in [0.15, 0.2) is 24.3 Å². The third-order valence-corrected chi connectivity index (χ3v) is 4.01. The Morgan fingerprint density at radius 1 is 1.33 bits per heavy atom. The molecule has 0 unspecified atom stereocenters. The van der Waals surface area contributed by atoms with Crippen molar-refractivity contribution in [1.82, 2.24) is 10.2 Å². The number of likely N-dealkylation sites (N-methyl/N-ethyl adjacent to an activating group) is 1. The number of nitro benzene ring substituents is 1. The topological polar surface area (TPSA) is 155 Å². The number of non-ortho nitro benzene ring substituents is 1. The fourth-order valence-electron chi connectivity index (χ4n) is 2.63. The van der Waals surface area contributed by atoms with Crippen molar-refractivity contribution in [2.45, 2.75) is 25.1 Å². The molecular formula is C16H17N5O6. The lowest BCUT2D eigenvalue weighted by Crippen LogP contribution is -2.68. The van der Waals surface area contributed by atoms with Gasteiger partial charge in [-0.15, -0.1) is 0 Å². The maximum absolute atomic E-state index is 12.2. The van der Waals surface area contributed by atoms with Gasteiger partial charge in [0, 0.05) is 18.6 Å². The van der Waals surface area contributed by atoms with Crippen molar-refractivity contribution in [3.05, 3.63) is 45.5 Å². The lowest BCUT2D eigenvalue weighted by atomic mass is 9.92. The fourth-order valence-corrected chi connectivity index (χ4v) is 2.63. The molecule has 1 aromatic rings. The van der Waals surface area contributed by atoms with Crippen molar-refractivity contribution in [1.29, 1.82) is 0 Å². The van der Waals surface area contributed by atoms with E-state index in [1.165, 1.54) is 24.3 Å². The van der Waals surface area contributed by atoms with Gasteiger partial charge in [-0.2, -0.15) is 4.79 Å². The average molecular weight is 375 g/mol. The van der Waals surface area contributed by atoms with Gasteiger partial charge in [0.1, 0.15) is 12.6 Å². The molecule has 0 aliphatic carbocycles. The number of rotatable bonds is 8. The molecule has 11 heteroatoms. The molecule has 1 fully saturated rings. The highest BCUT2D eigenvalue weighted by Gasteiger charge is 2.44. The molecule has 1 aliphatic rings. The van der Waals surface area contributed by atoms with Crippen LogP contribution in [-0.2, 0) is 25.7 Å². The van der Waals surface area contributed by atoms with Crippen molar-refractivity contribution in [3.63, 3.8) is 0 Å². The molecule has 2 rings (SSSR count). The first-order chi connectivity index (χ1) is 12.7. The van der Waals surface area contributed by atoms with Gasteiger partial charge in [0.25, 0.3) is 11.5 Å². The molecule has 1 saturated heterocycles. The Balaban J connectivity index is 1.93. The van der Waals surface area contributed by atoms with E-state index >= 15 is 0 Å². The molecule has 0 aromatic heterocycles. The quantitative estimate of drug-likeness (QED) is 0.0955. The number of carbonyl (C=O) groups is 3. The summed E-state index contributed by atoms with van der Waals surface area (Å²) in [5, 5.41) is 13.1. The molecule has 0 spiro atoms. The number of hydrogen-bond donors (Lipinski definition) is 1. The molecule has 27 heavy (non-hydrogen) atoms. The first-order valence-electron chi connectivity index (χ1n) is 7.87. The summed E-state index contributed by atoms with van der Waals surface area (Å²) in [5.41, 5.74) is 8.55. The first-order valence-corrected chi connectivity index (χ1v) is 7.87. The second-order valence-corrected chi connectivity index (χ2v) is 6.10. The van der Waals surface area contributed by atoms with E-state index < -0.39 is 34.5 Å². The van der Waals surface area contributed by atoms with Crippen LogP contribution >= 0.6 is 0 Å². The third-order valence-electron chi connectivity index (χ3n) is 4.01. The van der Waals surface area contributed by atoms with Crippen molar-refractivity contribution in [2.24, 2.45) is 0 Å². The predicted octanol–water partition coefficient (Wildman–Crippen LogP) is -0.303. The molecule has 1 aromatic carbocycles. The maximum Gasteiger partial charge on any atom is 0.441 e. The monoisotopic (exact) mass is 375 g/mol. The van der Waals surface area contributed by atoms with E-state index in [1.807, 2.05) is 0 Å². The normalized spacial score (nSPS) is 18.1. The number of ketones is 1. The second-order valence-electron chi connectivity index (χ2n) is 6.10. The van der Waals surface area contributed by atoms with E-state index in [2.05, 4.69) is 10.1 Å². The minimum Gasteiger partial charge on any atom is -0.452 e. The van der Waals surface area contributed by atoms with Crippen molar-refractivity contribution >= 4 is 29.1 Å². The lowest BCUT2D eigenvalue weighted by molar-refractivity contribution is -0.384. The Hall–Kier alpha value is -3.43. The molecule has 1 aliphatic heterocycles. The summed E-state index contributed by atoms with van der Waals surface area (Å²) in [7, 11) is 3.36. The van der Waals surface area contributed by atoms with Gasteiger partial charge in [0.2, 0.25) is 5.91 Å². The summed E-state index contributed by atoms with van der Waals surface area (Å²) in [6.07, 6.45) is -0.222. The Kier molecular flexibility index (Phi) is 6.11. The highest BCUT2D eigenvalue weighted by Crippen LogP contribution is 2.16. The third kappa shape index (κ3) is 4.60. The number of nitrogens with one attached hydrogen (secondary N) is 1. The van der Waals surface area contributed by atoms with Crippen molar-refractivity contribution in [3.8, 4) is 0 Å². The maximum atomic E-state index is 12.2. The average Bonchev–Trinajstić information content (AvgIpc) is 2.59. The van der Waals surface area contributed by atoms with Crippen LogP contribution < -0.4 is 5.32 Å². The Morgan fingerprint density at radius 2 is 1.96 bits per heavy atom. The molecule has 0 radical (unpaired) electrons. The molecular weight excluding hydrogens is 358 g/mol. The first kappa shape index (κ1) is 19.9. The SMILES string of the molecule is CN(C)[C@H]1C(=O)N[C@@H]1CC(=O)C(=[N+]=[N-])C(=O)OCc1ccc([N+](=O)[O-])cc1. The summed E-state index contributed by atoms with van der Waals surface area (Å²) in [4.78, 5) is 50.0. The number of benzene rings is 1. The Morgan fingerprint density at radius 3 is 2.44 bits per heavy atom. The summed E-state index contributed by atoms with van der Waals surface area (Å²) >= 11 is 0. The Labute approximate surface area is 153 Å². The number of carbonyl (C=O) groups excluding carboxylic acids is 3. The van der Waals surface area contributed by atoms with Gasteiger partial charge in [-0.25, -0.2) is 4.79 Å². The van der Waals surface area contributed by atoms with Crippen LogP contribution in [0.1, 0.15) is 12.0 Å². The van der Waals surface area contributed by atoms with Crippen LogP contribution in [0.2, 0.25) is 0 Å². The second kappa shape index (κ2) is 8.30. The zero-order valence-corrected chi connectivity index (χ0v) is 14.6. The zero-order chi connectivity index (χ0) is 20.1. The number of β-lactam (4-membered cyclic amide) rings is 1. The summed E-state index contributed by atoms with van der Waals surface area (Å²) in [6, 6.07) is 4.28. The number of nitrogens with zero attached hydrogens (tertiary/aromatic N) is 4. The number of nitro groups is 1. The largest absolute Gasteiger partial charge is 0.452 e. The highest BCUT2D eigenvalue weighted by molar-refractivity contribution is 6.62. The van der Waals surface area contributed by atoms with Crippen molar-refractivity contribution in [2.75, 3.05) is 14.1 Å². The lowest BCUT2D eigenvalue weighted by Gasteiger charge is -2.40. The van der Waals surface area contributed by atoms with E-state index in [0.29, 0.717) is 5.56 Å². The van der Waals surface area contributed by atoms with Crippen LogP contribution in [0.4, 0.5) is 5.69 Å². The summed E-state index contributed by atoms with van der Waals surface area (Å²) in [6.45, 7) is -0.260. The van der Waals surface area contributed by atoms with Crippen LogP contribution in [0.25, 0.3) is 5.53 Å². The van der Waals surface area contributed by atoms with Gasteiger partial charge in [0.05, 0.1) is 11.0 Å². The summed E-state index contributed by atoms with van der Waals surface area (Å²) < 4.78 is 4.91. The van der Waals surface area contributed by atoms with Crippen molar-refractivity contribution < 1.29 is 28.8 Å². The van der Waals surface area contributed by atoms with Gasteiger partial charge in [0.15, 0.2) is 0 Å². The fraction of sp³-hybridized carbons (Fsp3) is 0.375. The number of amides is 1. The highest BCUT2D eigenvalue weighted by atomic mass is 16.6. The molecule has 0 bridgehead atoms. The zero-order valence-electron chi connectivity index (χ0n) is 14.6. The predicted molar refractivity (Wildman–Crippen MR) is 90.5 cm³/mol. The van der Waals surface area contributed by atoms with Crippen LogP contribution in [0, 0.1) is 10.1 Å². The smallest absolute Gasteiger partial charge is 0.441 e. The van der Waals surface area contributed by atoms with E-state index in [1.54, 1.807) is 19.0 Å². The minimum atomic E-state index is -1.13. The van der Waals surface area contributed by atoms with Gasteiger partial charge < -0.3 is 15.6 Å². The van der Waals surface area contributed by atoms with E-state index in [-0.39, 0.29) is 24.6 Å². The number of esters is 1. The van der Waals surface area contributed by atoms with Gasteiger partial charge in [-0.05, 0) is 31.8 Å². The number of hydrogen-bond acceptors (Lipinski definition) is 7. The number of ether oxygens (including phenoxy) is 1. The Bertz CT molecular complexity index is 828. The molecule has 1 amide bonds. The van der Waals surface area contributed by atoms with Crippen LogP contribution in [0.5, 0.6) is 0 Å². The molecule has 1 N–H and O–H groups in total. The van der Waals surface area contributed by atoms with Gasteiger partial charge >= 0.3 is 11.7 Å². The number of Topliss-reactive ketones (excluding diaryl/α,β-unsaturated/α-hetero) is 1. The van der Waals surface area contributed by atoms with Gasteiger partial charge in [-0.1, -0.05) is 0 Å². The molecule has 0 saturated carbocycles. The van der Waals surface area contributed by atoms with Crippen LogP contribution in [0.3, 0.4) is 0 Å².